The van der Waals surface area contributed by atoms with Crippen molar-refractivity contribution >= 4 is 28.8 Å². The van der Waals surface area contributed by atoms with Gasteiger partial charge in [0.1, 0.15) is 5.82 Å². The Kier molecular flexibility index (Phi) is 5.82. The molecule has 3 heterocycles. The quantitative estimate of drug-likeness (QED) is 0.452. The number of H-pyrrole nitrogens is 1. The van der Waals surface area contributed by atoms with Crippen molar-refractivity contribution in [1.82, 2.24) is 25.5 Å². The maximum atomic E-state index is 13.3. The van der Waals surface area contributed by atoms with Gasteiger partial charge < -0.3 is 20.9 Å². The minimum absolute atomic E-state index is 0.0186. The fraction of sp³-hybridized carbons (Fsp3) is 0.364. The zero-order valence-electron chi connectivity index (χ0n) is 18.2. The van der Waals surface area contributed by atoms with Crippen molar-refractivity contribution in [3.05, 3.63) is 53.2 Å². The number of hydrogen-bond acceptors (Lipinski definition) is 7. The number of carbonyl (C=O) groups excluding carboxylic acids is 1. The number of nitrogens with zero attached hydrogens (tertiary/aromatic N) is 4. The number of fused-ring (bicyclic) bond motifs is 1. The van der Waals surface area contributed by atoms with E-state index in [0.717, 1.165) is 31.9 Å². The minimum Gasteiger partial charge on any atom is -0.369 e. The highest BCUT2D eigenvalue weighted by Gasteiger charge is 2.37. The van der Waals surface area contributed by atoms with Gasteiger partial charge in [0.2, 0.25) is 5.82 Å². The molecule has 2 aromatic heterocycles. The highest BCUT2D eigenvalue weighted by atomic mass is 19.4. The Morgan fingerprint density at radius 3 is 2.56 bits per heavy atom. The molecule has 12 heteroatoms. The van der Waals surface area contributed by atoms with Crippen LogP contribution in [0.1, 0.15) is 34.0 Å². The Hall–Kier alpha value is -3.67. The van der Waals surface area contributed by atoms with Crippen molar-refractivity contribution in [1.29, 1.82) is 0 Å². The normalized spacial score (nSPS) is 15.8. The zero-order chi connectivity index (χ0) is 23.7. The summed E-state index contributed by atoms with van der Waals surface area (Å²) in [6.07, 6.45) is -1.53. The molecule has 0 spiro atoms. The Morgan fingerprint density at radius 1 is 1.06 bits per heavy atom. The molecule has 0 radical (unpaired) electrons. The molecular weight excluding hydrogens is 449 g/mol. The largest absolute Gasteiger partial charge is 0.451 e. The van der Waals surface area contributed by atoms with E-state index in [2.05, 4.69) is 41.0 Å². The summed E-state index contributed by atoms with van der Waals surface area (Å²) >= 11 is 0. The van der Waals surface area contributed by atoms with Gasteiger partial charge in [-0.1, -0.05) is 0 Å². The predicted octanol–water partition coefficient (Wildman–Crippen LogP) is 3.11. The molecule has 0 atom stereocenters. The first kappa shape index (κ1) is 22.1. The second-order valence-corrected chi connectivity index (χ2v) is 8.18. The second-order valence-electron chi connectivity index (χ2n) is 8.18. The minimum atomic E-state index is -4.67. The summed E-state index contributed by atoms with van der Waals surface area (Å²) in [5.74, 6) is -1.65. The van der Waals surface area contributed by atoms with E-state index in [1.807, 2.05) is 24.3 Å². The maximum absolute atomic E-state index is 13.3. The molecule has 0 unspecified atom stereocenters. The van der Waals surface area contributed by atoms with Crippen molar-refractivity contribution in [2.45, 2.75) is 25.4 Å². The van der Waals surface area contributed by atoms with Crippen molar-refractivity contribution in [2.24, 2.45) is 0 Å². The topological polar surface area (TPSA) is 111 Å². The van der Waals surface area contributed by atoms with Gasteiger partial charge in [-0.15, -0.1) is 0 Å². The predicted molar refractivity (Wildman–Crippen MR) is 120 cm³/mol. The van der Waals surface area contributed by atoms with Crippen LogP contribution in [0.25, 0.3) is 0 Å². The van der Waals surface area contributed by atoms with Crippen LogP contribution < -0.4 is 20.9 Å². The van der Waals surface area contributed by atoms with Crippen LogP contribution in [0.2, 0.25) is 0 Å². The molecule has 178 valence electrons. The molecule has 0 saturated carbocycles. The highest BCUT2D eigenvalue weighted by Crippen LogP contribution is 2.34. The number of hydrogen-bond donors (Lipinski definition) is 4. The number of carbonyl (C=O) groups is 1. The number of nitrogens with one attached hydrogen (secondary N) is 4. The number of halogens is 3. The molecule has 0 bridgehead atoms. The molecule has 3 aromatic rings. The average Bonchev–Trinajstić information content (AvgIpc) is 3.49. The van der Waals surface area contributed by atoms with Crippen LogP contribution in [-0.2, 0) is 19.0 Å². The van der Waals surface area contributed by atoms with Gasteiger partial charge in [-0.2, -0.15) is 18.3 Å². The van der Waals surface area contributed by atoms with Gasteiger partial charge in [0, 0.05) is 55.0 Å². The van der Waals surface area contributed by atoms with E-state index in [9.17, 15) is 18.0 Å². The van der Waals surface area contributed by atoms with Crippen molar-refractivity contribution in [2.75, 3.05) is 41.7 Å². The number of amides is 1. The molecule has 4 N–H and O–H groups in total. The standard InChI is InChI=1S/C22H23F3N8O/c23-22(24,25)21-30-16-3-1-2-15(16)19(31-21)29-17-12-27-32-18(17)20(34)28-13-4-6-14(7-5-13)33-10-8-26-9-11-33/h4-7,12,26H,1-3,8-11H2,(H,27,32)(H,28,34)(H,29,30,31). The lowest BCUT2D eigenvalue weighted by Gasteiger charge is -2.29. The molecule has 9 nitrogen and oxygen atoms in total. The third kappa shape index (κ3) is 4.53. The van der Waals surface area contributed by atoms with Gasteiger partial charge in [-0.3, -0.25) is 9.89 Å². The molecule has 1 aliphatic carbocycles. The van der Waals surface area contributed by atoms with E-state index in [0.29, 0.717) is 36.2 Å². The van der Waals surface area contributed by atoms with Crippen LogP contribution in [0, 0.1) is 0 Å². The number of aryl methyl sites for hydroxylation is 1. The fourth-order valence-electron chi connectivity index (χ4n) is 4.22. The smallest absolute Gasteiger partial charge is 0.369 e. The van der Waals surface area contributed by atoms with E-state index >= 15 is 0 Å². The summed E-state index contributed by atoms with van der Waals surface area (Å²) in [4.78, 5) is 22.5. The van der Waals surface area contributed by atoms with Crippen LogP contribution >= 0.6 is 0 Å². The molecule has 1 fully saturated rings. The van der Waals surface area contributed by atoms with Crippen LogP contribution in [0.15, 0.2) is 30.5 Å². The lowest BCUT2D eigenvalue weighted by atomic mass is 10.2. The molecule has 2 aliphatic rings. The number of alkyl halides is 3. The van der Waals surface area contributed by atoms with Crippen molar-refractivity contribution in [3.63, 3.8) is 0 Å². The number of aromatic nitrogens is 4. The van der Waals surface area contributed by atoms with Gasteiger partial charge in [0.05, 0.1) is 5.69 Å². The van der Waals surface area contributed by atoms with E-state index in [4.69, 9.17) is 0 Å². The van der Waals surface area contributed by atoms with Gasteiger partial charge in [0.15, 0.2) is 5.69 Å². The molecule has 5 rings (SSSR count). The number of anilines is 4. The van der Waals surface area contributed by atoms with Gasteiger partial charge in [0.25, 0.3) is 5.91 Å². The van der Waals surface area contributed by atoms with Gasteiger partial charge in [-0.05, 0) is 43.5 Å². The first-order chi connectivity index (χ1) is 16.4. The second kappa shape index (κ2) is 8.93. The zero-order valence-corrected chi connectivity index (χ0v) is 18.2. The summed E-state index contributed by atoms with van der Waals surface area (Å²) in [5, 5.41) is 15.5. The number of piperazine rings is 1. The van der Waals surface area contributed by atoms with Crippen molar-refractivity contribution in [3.8, 4) is 0 Å². The van der Waals surface area contributed by atoms with Crippen LogP contribution in [0.3, 0.4) is 0 Å². The average molecular weight is 472 g/mol. The first-order valence-corrected chi connectivity index (χ1v) is 11.0. The first-order valence-electron chi connectivity index (χ1n) is 11.0. The lowest BCUT2D eigenvalue weighted by molar-refractivity contribution is -0.145. The van der Waals surface area contributed by atoms with Gasteiger partial charge in [-0.25, -0.2) is 9.97 Å². The monoisotopic (exact) mass is 472 g/mol. The summed E-state index contributed by atoms with van der Waals surface area (Å²) in [5.41, 5.74) is 2.91. The van der Waals surface area contributed by atoms with E-state index in [-0.39, 0.29) is 17.2 Å². The molecule has 1 saturated heterocycles. The lowest BCUT2D eigenvalue weighted by Crippen LogP contribution is -2.43. The van der Waals surface area contributed by atoms with E-state index < -0.39 is 17.9 Å². The number of aromatic amines is 1. The molecule has 34 heavy (non-hydrogen) atoms. The van der Waals surface area contributed by atoms with E-state index in [1.54, 1.807) is 0 Å². The SMILES string of the molecule is O=C(Nc1ccc(N2CCNCC2)cc1)c1n[nH]cc1Nc1nc(C(F)(F)F)nc2c1CCC2. The number of benzene rings is 1. The van der Waals surface area contributed by atoms with Crippen LogP contribution in [0.4, 0.5) is 36.1 Å². The number of rotatable bonds is 5. The summed E-state index contributed by atoms with van der Waals surface area (Å²) in [6.45, 7) is 3.68. The van der Waals surface area contributed by atoms with Gasteiger partial charge >= 0.3 is 6.18 Å². The Bertz CT molecular complexity index is 1190. The molecular formula is C22H23F3N8O. The highest BCUT2D eigenvalue weighted by molar-refractivity contribution is 6.06. The Morgan fingerprint density at radius 2 is 1.82 bits per heavy atom. The summed E-state index contributed by atoms with van der Waals surface area (Å²) < 4.78 is 39.8. The fourth-order valence-corrected chi connectivity index (χ4v) is 4.22. The third-order valence-corrected chi connectivity index (χ3v) is 5.90. The van der Waals surface area contributed by atoms with Crippen LogP contribution in [0.5, 0.6) is 0 Å². The maximum Gasteiger partial charge on any atom is 0.451 e. The molecule has 1 aromatic carbocycles. The Labute approximate surface area is 193 Å². The van der Waals surface area contributed by atoms with E-state index in [1.165, 1.54) is 6.20 Å². The van der Waals surface area contributed by atoms with Crippen molar-refractivity contribution < 1.29 is 18.0 Å². The Balaban J connectivity index is 1.33. The summed E-state index contributed by atoms with van der Waals surface area (Å²) in [7, 11) is 0. The summed E-state index contributed by atoms with van der Waals surface area (Å²) in [6, 6.07) is 7.49. The third-order valence-electron chi connectivity index (χ3n) is 5.90. The molecule has 1 aliphatic heterocycles. The molecule has 1 amide bonds. The van der Waals surface area contributed by atoms with Crippen LogP contribution in [-0.4, -0.2) is 52.3 Å².